The lowest BCUT2D eigenvalue weighted by Gasteiger charge is -2.14. The summed E-state index contributed by atoms with van der Waals surface area (Å²) in [5, 5.41) is 18.7. The van der Waals surface area contributed by atoms with Crippen molar-refractivity contribution in [2.45, 2.75) is 6.61 Å². The molecule has 0 aromatic heterocycles. The molecule has 0 atom stereocenters. The zero-order chi connectivity index (χ0) is 21.5. The van der Waals surface area contributed by atoms with Gasteiger partial charge in [-0.25, -0.2) is 9.18 Å². The number of para-hydroxylation sites is 1. The number of carboxylic acids is 1. The zero-order valence-electron chi connectivity index (χ0n) is 16.1. The second kappa shape index (κ2) is 9.39. The van der Waals surface area contributed by atoms with E-state index < -0.39 is 11.8 Å². The summed E-state index contributed by atoms with van der Waals surface area (Å²) in [5.41, 5.74) is 1.67. The van der Waals surface area contributed by atoms with Gasteiger partial charge in [-0.05, 0) is 35.9 Å². The number of halogens is 1. The van der Waals surface area contributed by atoms with E-state index >= 15 is 0 Å². The van der Waals surface area contributed by atoms with Crippen LogP contribution in [0.3, 0.4) is 0 Å². The highest BCUT2D eigenvalue weighted by atomic mass is 19.1. The number of carboxylic acid groups (broad SMARTS) is 1. The third kappa shape index (κ3) is 4.65. The van der Waals surface area contributed by atoms with Gasteiger partial charge >= 0.3 is 5.97 Å². The smallest absolute Gasteiger partial charge is 0.335 e. The molecule has 150 valence electrons. The third-order valence-corrected chi connectivity index (χ3v) is 4.37. The van der Waals surface area contributed by atoms with Crippen LogP contribution in [0, 0.1) is 17.1 Å². The van der Waals surface area contributed by atoms with Gasteiger partial charge in [0.1, 0.15) is 12.4 Å². The van der Waals surface area contributed by atoms with Gasteiger partial charge in [-0.2, -0.15) is 5.26 Å². The molecule has 0 saturated heterocycles. The minimum absolute atomic E-state index is 0.0872. The molecule has 0 saturated carbocycles. The van der Waals surface area contributed by atoms with Gasteiger partial charge in [-0.1, -0.05) is 42.5 Å². The molecule has 3 aromatic carbocycles. The second-order valence-corrected chi connectivity index (χ2v) is 6.32. The zero-order valence-corrected chi connectivity index (χ0v) is 16.1. The number of hydrogen-bond acceptors (Lipinski definition) is 4. The van der Waals surface area contributed by atoms with Crippen LogP contribution in [0.4, 0.5) is 4.39 Å². The third-order valence-electron chi connectivity index (χ3n) is 4.37. The first-order valence-electron chi connectivity index (χ1n) is 9.02. The number of benzene rings is 3. The largest absolute Gasteiger partial charge is 0.493 e. The predicted molar refractivity (Wildman–Crippen MR) is 111 cm³/mol. The summed E-state index contributed by atoms with van der Waals surface area (Å²) < 4.78 is 25.5. The van der Waals surface area contributed by atoms with E-state index in [1.165, 1.54) is 37.5 Å². The Hall–Kier alpha value is -4.11. The molecule has 3 rings (SSSR count). The second-order valence-electron chi connectivity index (χ2n) is 6.32. The summed E-state index contributed by atoms with van der Waals surface area (Å²) in [6, 6.07) is 19.6. The number of hydrogen-bond donors (Lipinski definition) is 1. The molecule has 0 unspecified atom stereocenters. The number of aromatic carboxylic acids is 1. The normalized spacial score (nSPS) is 10.9. The van der Waals surface area contributed by atoms with Gasteiger partial charge in [-0.3, -0.25) is 0 Å². The summed E-state index contributed by atoms with van der Waals surface area (Å²) in [6.07, 6.45) is 1.53. The molecule has 0 aliphatic rings. The van der Waals surface area contributed by atoms with E-state index in [2.05, 4.69) is 0 Å². The molecule has 1 N–H and O–H groups in total. The Morgan fingerprint density at radius 3 is 2.60 bits per heavy atom. The van der Waals surface area contributed by atoms with Crippen LogP contribution in [0.2, 0.25) is 0 Å². The van der Waals surface area contributed by atoms with Crippen LogP contribution in [0.1, 0.15) is 27.0 Å². The molecule has 0 bridgehead atoms. The Bertz CT molecular complexity index is 1150. The topological polar surface area (TPSA) is 79.5 Å². The molecule has 3 aromatic rings. The average Bonchev–Trinajstić information content (AvgIpc) is 2.77. The lowest BCUT2D eigenvalue weighted by Crippen LogP contribution is -2.02. The van der Waals surface area contributed by atoms with Crippen LogP contribution in [0.15, 0.2) is 66.7 Å². The van der Waals surface area contributed by atoms with E-state index in [1.807, 2.05) is 6.07 Å². The maximum atomic E-state index is 14.2. The number of nitriles is 1. The van der Waals surface area contributed by atoms with Gasteiger partial charge in [0.2, 0.25) is 0 Å². The summed E-state index contributed by atoms with van der Waals surface area (Å²) in [6.45, 7) is 0.0872. The minimum Gasteiger partial charge on any atom is -0.493 e. The van der Waals surface area contributed by atoms with Gasteiger partial charge < -0.3 is 14.6 Å². The molecular weight excluding hydrogens is 385 g/mol. The lowest BCUT2D eigenvalue weighted by atomic mass is 10.0. The van der Waals surface area contributed by atoms with E-state index in [-0.39, 0.29) is 23.3 Å². The number of carbonyl (C=O) groups is 1. The average molecular weight is 403 g/mol. The number of rotatable bonds is 7. The number of allylic oxidation sites excluding steroid dienone is 1. The van der Waals surface area contributed by atoms with Gasteiger partial charge in [-0.15, -0.1) is 0 Å². The fourth-order valence-corrected chi connectivity index (χ4v) is 2.92. The van der Waals surface area contributed by atoms with E-state index in [1.54, 1.807) is 42.5 Å². The Morgan fingerprint density at radius 1 is 1.13 bits per heavy atom. The standard InChI is InChI=1S/C24H18FNO4/c1-29-22-11-5-7-17(13-19(14-26)20-9-2-3-10-21(20)25)23(22)30-15-16-6-4-8-18(12-16)24(27)28/h2-13H,15H2,1H3,(H,27,28)/b19-13-. The van der Waals surface area contributed by atoms with Crippen LogP contribution in [0.25, 0.3) is 11.6 Å². The number of methoxy groups -OCH3 is 1. The predicted octanol–water partition coefficient (Wildman–Crippen LogP) is 5.18. The SMILES string of the molecule is COc1cccc(/C=C(/C#N)c2ccccc2F)c1OCc1cccc(C(=O)O)c1. The summed E-state index contributed by atoms with van der Waals surface area (Å²) >= 11 is 0. The van der Waals surface area contributed by atoms with Crippen molar-refractivity contribution in [2.24, 2.45) is 0 Å². The monoisotopic (exact) mass is 403 g/mol. The first-order chi connectivity index (χ1) is 14.5. The van der Waals surface area contributed by atoms with E-state index in [4.69, 9.17) is 14.6 Å². The van der Waals surface area contributed by atoms with Crippen molar-refractivity contribution in [1.82, 2.24) is 0 Å². The molecule has 30 heavy (non-hydrogen) atoms. The Labute approximate surface area is 173 Å². The van der Waals surface area contributed by atoms with Crippen molar-refractivity contribution in [2.75, 3.05) is 7.11 Å². The first-order valence-corrected chi connectivity index (χ1v) is 9.02. The number of nitrogens with zero attached hydrogens (tertiary/aromatic N) is 1. The first kappa shape index (κ1) is 20.6. The molecule has 0 fully saturated rings. The highest BCUT2D eigenvalue weighted by molar-refractivity contribution is 5.91. The number of ether oxygens (including phenoxy) is 2. The van der Waals surface area contributed by atoms with Crippen LogP contribution in [-0.2, 0) is 6.61 Å². The van der Waals surface area contributed by atoms with Gasteiger partial charge in [0.05, 0.1) is 24.3 Å². The van der Waals surface area contributed by atoms with Crippen molar-refractivity contribution >= 4 is 17.6 Å². The molecular formula is C24H18FNO4. The van der Waals surface area contributed by atoms with Crippen molar-refractivity contribution in [3.8, 4) is 17.6 Å². The molecule has 6 heteroatoms. The van der Waals surface area contributed by atoms with E-state index in [9.17, 15) is 14.4 Å². The Morgan fingerprint density at radius 2 is 1.90 bits per heavy atom. The minimum atomic E-state index is -1.03. The molecule has 0 spiro atoms. The Kier molecular flexibility index (Phi) is 6.46. The molecule has 0 aliphatic carbocycles. The maximum absolute atomic E-state index is 14.2. The Balaban J connectivity index is 1.97. The van der Waals surface area contributed by atoms with Crippen molar-refractivity contribution in [1.29, 1.82) is 5.26 Å². The fraction of sp³-hybridized carbons (Fsp3) is 0.0833. The summed E-state index contributed by atoms with van der Waals surface area (Å²) in [5.74, 6) is -0.726. The summed E-state index contributed by atoms with van der Waals surface area (Å²) in [7, 11) is 1.49. The highest BCUT2D eigenvalue weighted by Crippen LogP contribution is 2.34. The van der Waals surface area contributed by atoms with Crippen LogP contribution in [-0.4, -0.2) is 18.2 Å². The highest BCUT2D eigenvalue weighted by Gasteiger charge is 2.13. The summed E-state index contributed by atoms with van der Waals surface area (Å²) in [4.78, 5) is 11.2. The van der Waals surface area contributed by atoms with Crippen LogP contribution >= 0.6 is 0 Å². The molecule has 0 aliphatic heterocycles. The lowest BCUT2D eigenvalue weighted by molar-refractivity contribution is 0.0696. The molecule has 0 heterocycles. The van der Waals surface area contributed by atoms with Gasteiger partial charge in [0.15, 0.2) is 11.5 Å². The quantitative estimate of drug-likeness (QED) is 0.435. The van der Waals surface area contributed by atoms with E-state index in [0.717, 1.165) is 0 Å². The van der Waals surface area contributed by atoms with Crippen LogP contribution in [0.5, 0.6) is 11.5 Å². The van der Waals surface area contributed by atoms with Crippen molar-refractivity contribution in [3.63, 3.8) is 0 Å². The van der Waals surface area contributed by atoms with Crippen molar-refractivity contribution in [3.05, 3.63) is 94.8 Å². The van der Waals surface area contributed by atoms with E-state index in [0.29, 0.717) is 22.6 Å². The van der Waals surface area contributed by atoms with Gasteiger partial charge in [0.25, 0.3) is 0 Å². The molecule has 0 radical (unpaired) electrons. The molecule has 0 amide bonds. The maximum Gasteiger partial charge on any atom is 0.335 e. The molecule has 5 nitrogen and oxygen atoms in total. The fourth-order valence-electron chi connectivity index (χ4n) is 2.92. The van der Waals surface area contributed by atoms with Crippen LogP contribution < -0.4 is 9.47 Å². The van der Waals surface area contributed by atoms with Gasteiger partial charge in [0, 0.05) is 11.1 Å². The van der Waals surface area contributed by atoms with Crippen molar-refractivity contribution < 1.29 is 23.8 Å².